The minimum atomic E-state index is -4.79. The van der Waals surface area contributed by atoms with E-state index >= 15 is 0 Å². The maximum atomic E-state index is 12.3. The van der Waals surface area contributed by atoms with Crippen LogP contribution in [0.25, 0.3) is 0 Å². The van der Waals surface area contributed by atoms with Crippen molar-refractivity contribution in [3.8, 4) is 5.75 Å². The number of nitro benzene ring substituents is 1. The molecule has 1 amide bonds. The molecule has 2 rings (SSSR count). The molecule has 2 aromatic rings. The number of carbonyl (C=O) groups excluding carboxylic acids is 1. The van der Waals surface area contributed by atoms with Gasteiger partial charge in [-0.1, -0.05) is 23.7 Å². The Kier molecular flexibility index (Phi) is 5.71. The van der Waals surface area contributed by atoms with Gasteiger partial charge in [-0.3, -0.25) is 14.9 Å². The molecule has 0 aromatic heterocycles. The molecule has 0 radical (unpaired) electrons. The highest BCUT2D eigenvalue weighted by molar-refractivity contribution is 6.33. The third-order valence-corrected chi connectivity index (χ3v) is 3.70. The lowest BCUT2D eigenvalue weighted by Gasteiger charge is -2.16. The van der Waals surface area contributed by atoms with Crippen LogP contribution in [0.5, 0.6) is 5.75 Å². The molecule has 1 atom stereocenters. The van der Waals surface area contributed by atoms with Gasteiger partial charge >= 0.3 is 6.36 Å². The summed E-state index contributed by atoms with van der Waals surface area (Å²) in [6.45, 7) is 1.60. The van der Waals surface area contributed by atoms with Gasteiger partial charge in [-0.15, -0.1) is 13.2 Å². The van der Waals surface area contributed by atoms with E-state index in [-0.39, 0.29) is 22.0 Å². The number of ether oxygens (including phenoxy) is 1. The van der Waals surface area contributed by atoms with Crippen LogP contribution in [-0.4, -0.2) is 17.2 Å². The fraction of sp³-hybridized carbons (Fsp3) is 0.188. The van der Waals surface area contributed by atoms with Crippen molar-refractivity contribution in [3.63, 3.8) is 0 Å². The standard InChI is InChI=1S/C16H12ClF3N2O4/c1-9(10-2-5-12(6-3-10)26-16(18,19)20)21-15(23)13-8-11(22(24)25)4-7-14(13)17/h2-9H,1H3,(H,21,23)/t9-/m1/s1. The van der Waals surface area contributed by atoms with Crippen LogP contribution in [-0.2, 0) is 0 Å². The Balaban J connectivity index is 2.12. The first-order valence-electron chi connectivity index (χ1n) is 7.17. The lowest BCUT2D eigenvalue weighted by molar-refractivity contribution is -0.384. The quantitative estimate of drug-likeness (QED) is 0.597. The molecule has 0 fully saturated rings. The third-order valence-electron chi connectivity index (χ3n) is 3.37. The number of alkyl halides is 3. The summed E-state index contributed by atoms with van der Waals surface area (Å²) in [6, 6.07) is 7.83. The molecular formula is C16H12ClF3N2O4. The molecular weight excluding hydrogens is 377 g/mol. The summed E-state index contributed by atoms with van der Waals surface area (Å²) in [5.74, 6) is -1.04. The first-order chi connectivity index (χ1) is 12.1. The highest BCUT2D eigenvalue weighted by atomic mass is 35.5. The van der Waals surface area contributed by atoms with E-state index in [4.69, 9.17) is 11.6 Å². The summed E-state index contributed by atoms with van der Waals surface area (Å²) in [4.78, 5) is 22.4. The van der Waals surface area contributed by atoms with Crippen LogP contribution in [0.15, 0.2) is 42.5 Å². The van der Waals surface area contributed by atoms with Gasteiger partial charge < -0.3 is 10.1 Å². The van der Waals surface area contributed by atoms with Crippen LogP contribution in [0.2, 0.25) is 5.02 Å². The number of rotatable bonds is 5. The minimum Gasteiger partial charge on any atom is -0.406 e. The molecule has 0 heterocycles. The molecule has 0 aliphatic carbocycles. The van der Waals surface area contributed by atoms with Crippen molar-refractivity contribution in [2.24, 2.45) is 0 Å². The Morgan fingerprint density at radius 3 is 2.38 bits per heavy atom. The van der Waals surface area contributed by atoms with E-state index in [2.05, 4.69) is 10.1 Å². The second-order valence-electron chi connectivity index (χ2n) is 5.23. The lowest BCUT2D eigenvalue weighted by Crippen LogP contribution is -2.27. The maximum absolute atomic E-state index is 12.3. The molecule has 138 valence electrons. The summed E-state index contributed by atoms with van der Waals surface area (Å²) in [5, 5.41) is 13.4. The molecule has 0 bridgehead atoms. The van der Waals surface area contributed by atoms with Gasteiger partial charge in [-0.25, -0.2) is 0 Å². The fourth-order valence-electron chi connectivity index (χ4n) is 2.12. The zero-order valence-corrected chi connectivity index (χ0v) is 14.0. The lowest BCUT2D eigenvalue weighted by atomic mass is 10.1. The van der Waals surface area contributed by atoms with Gasteiger partial charge in [0.05, 0.1) is 21.6 Å². The highest BCUT2D eigenvalue weighted by Gasteiger charge is 2.31. The largest absolute Gasteiger partial charge is 0.573 e. The van der Waals surface area contributed by atoms with Crippen LogP contribution >= 0.6 is 11.6 Å². The second-order valence-corrected chi connectivity index (χ2v) is 5.64. The van der Waals surface area contributed by atoms with E-state index in [0.29, 0.717) is 5.56 Å². The first-order valence-corrected chi connectivity index (χ1v) is 7.55. The number of halogens is 4. The SMILES string of the molecule is C[C@@H](NC(=O)c1cc([N+](=O)[O-])ccc1Cl)c1ccc(OC(F)(F)F)cc1. The number of nitrogens with one attached hydrogen (secondary N) is 1. The Morgan fingerprint density at radius 1 is 1.23 bits per heavy atom. The van der Waals surface area contributed by atoms with E-state index in [1.165, 1.54) is 24.3 Å². The average molecular weight is 389 g/mol. The van der Waals surface area contributed by atoms with Gasteiger partial charge in [0.1, 0.15) is 5.75 Å². The number of benzene rings is 2. The van der Waals surface area contributed by atoms with Crippen molar-refractivity contribution >= 4 is 23.2 Å². The van der Waals surface area contributed by atoms with Crippen molar-refractivity contribution in [3.05, 3.63) is 68.7 Å². The predicted octanol–water partition coefficient (Wildman–Crippen LogP) is 4.64. The summed E-state index contributed by atoms with van der Waals surface area (Å²) in [7, 11) is 0. The number of nitro groups is 1. The summed E-state index contributed by atoms with van der Waals surface area (Å²) < 4.78 is 40.2. The summed E-state index contributed by atoms with van der Waals surface area (Å²) in [6.07, 6.45) is -4.79. The van der Waals surface area contributed by atoms with Crippen LogP contribution < -0.4 is 10.1 Å². The van der Waals surface area contributed by atoms with Gasteiger partial charge in [0.2, 0.25) is 0 Å². The van der Waals surface area contributed by atoms with E-state index in [1.807, 2.05) is 0 Å². The van der Waals surface area contributed by atoms with Crippen LogP contribution in [0.4, 0.5) is 18.9 Å². The smallest absolute Gasteiger partial charge is 0.406 e. The predicted molar refractivity (Wildman–Crippen MR) is 87.1 cm³/mol. The van der Waals surface area contributed by atoms with Crippen molar-refractivity contribution in [1.29, 1.82) is 0 Å². The molecule has 1 N–H and O–H groups in total. The normalized spacial score (nSPS) is 12.3. The summed E-state index contributed by atoms with van der Waals surface area (Å²) >= 11 is 5.90. The van der Waals surface area contributed by atoms with Crippen molar-refractivity contribution in [1.82, 2.24) is 5.32 Å². The number of hydrogen-bond donors (Lipinski definition) is 1. The van der Waals surface area contributed by atoms with Crippen LogP contribution in [0, 0.1) is 10.1 Å². The number of nitrogens with zero attached hydrogens (tertiary/aromatic N) is 1. The Labute approximate surface area is 150 Å². The zero-order valence-electron chi connectivity index (χ0n) is 13.2. The second kappa shape index (κ2) is 7.61. The molecule has 2 aromatic carbocycles. The van der Waals surface area contributed by atoms with Gasteiger partial charge in [0, 0.05) is 12.1 Å². The minimum absolute atomic E-state index is 0.0363. The molecule has 10 heteroatoms. The van der Waals surface area contributed by atoms with Gasteiger partial charge in [0.15, 0.2) is 0 Å². The fourth-order valence-corrected chi connectivity index (χ4v) is 2.32. The molecule has 0 spiro atoms. The topological polar surface area (TPSA) is 81.5 Å². The number of non-ortho nitro benzene ring substituents is 1. The molecule has 0 saturated heterocycles. The average Bonchev–Trinajstić information content (AvgIpc) is 2.54. The van der Waals surface area contributed by atoms with Gasteiger partial charge in [-0.05, 0) is 30.7 Å². The van der Waals surface area contributed by atoms with E-state index in [1.54, 1.807) is 6.92 Å². The first kappa shape index (κ1) is 19.5. The van der Waals surface area contributed by atoms with E-state index in [9.17, 15) is 28.1 Å². The van der Waals surface area contributed by atoms with Crippen molar-refractivity contribution in [2.45, 2.75) is 19.3 Å². The summed E-state index contributed by atoms with van der Waals surface area (Å²) in [5.41, 5.74) is 0.139. The van der Waals surface area contributed by atoms with Crippen molar-refractivity contribution < 1.29 is 27.6 Å². The molecule has 0 aliphatic rings. The Morgan fingerprint density at radius 2 is 1.85 bits per heavy atom. The van der Waals surface area contributed by atoms with Gasteiger partial charge in [-0.2, -0.15) is 0 Å². The van der Waals surface area contributed by atoms with E-state index in [0.717, 1.165) is 18.2 Å². The molecule has 0 aliphatic heterocycles. The number of hydrogen-bond acceptors (Lipinski definition) is 4. The zero-order chi connectivity index (χ0) is 19.5. The van der Waals surface area contributed by atoms with Crippen LogP contribution in [0.1, 0.15) is 28.9 Å². The van der Waals surface area contributed by atoms with Gasteiger partial charge in [0.25, 0.3) is 11.6 Å². The molecule has 0 unspecified atom stereocenters. The molecule has 6 nitrogen and oxygen atoms in total. The Hall–Kier alpha value is -2.81. The molecule has 26 heavy (non-hydrogen) atoms. The number of amides is 1. The molecule has 0 saturated carbocycles. The van der Waals surface area contributed by atoms with Crippen LogP contribution in [0.3, 0.4) is 0 Å². The third kappa shape index (κ3) is 5.09. The monoisotopic (exact) mass is 388 g/mol. The Bertz CT molecular complexity index is 825. The van der Waals surface area contributed by atoms with E-state index < -0.39 is 23.2 Å². The maximum Gasteiger partial charge on any atom is 0.573 e. The number of carbonyl (C=O) groups is 1. The highest BCUT2D eigenvalue weighted by Crippen LogP contribution is 2.26. The van der Waals surface area contributed by atoms with Crippen molar-refractivity contribution in [2.75, 3.05) is 0 Å².